The molecule has 1 aromatic carbocycles. The largest absolute Gasteiger partial charge is 0.486 e. The number of carbonyl (C=O) groups is 1. The zero-order chi connectivity index (χ0) is 17.7. The van der Waals surface area contributed by atoms with Gasteiger partial charge in [-0.15, -0.1) is 0 Å². The van der Waals surface area contributed by atoms with Gasteiger partial charge < -0.3 is 20.5 Å². The summed E-state index contributed by atoms with van der Waals surface area (Å²) in [4.78, 5) is 12.5. The van der Waals surface area contributed by atoms with E-state index in [-0.39, 0.29) is 11.4 Å². The van der Waals surface area contributed by atoms with Crippen molar-refractivity contribution >= 4 is 5.91 Å². The average Bonchev–Trinajstić information content (AvgIpc) is 2.64. The number of amides is 1. The Labute approximate surface area is 154 Å². The van der Waals surface area contributed by atoms with E-state index in [2.05, 4.69) is 5.32 Å². The molecule has 6 rings (SSSR count). The first kappa shape index (κ1) is 16.4. The Bertz CT molecular complexity index is 689. The molecular weight excluding hydrogens is 328 g/mol. The molecule has 5 aliphatic rings. The van der Waals surface area contributed by atoms with Gasteiger partial charge in [0.15, 0.2) is 11.5 Å². The summed E-state index contributed by atoms with van der Waals surface area (Å²) in [6.45, 7) is 1.75. The van der Waals surface area contributed by atoms with Crippen LogP contribution in [0.15, 0.2) is 18.2 Å². The fraction of sp³-hybridized carbons (Fsp3) is 0.667. The van der Waals surface area contributed by atoms with Gasteiger partial charge in [0.1, 0.15) is 13.2 Å². The lowest BCUT2D eigenvalue weighted by atomic mass is 9.49. The SMILES string of the molecule is NC1(CNC(=O)Cc2ccc3c(c2)OCCO3)C2CC3CC(C2)CC1C3. The van der Waals surface area contributed by atoms with E-state index in [1.165, 1.54) is 32.1 Å². The van der Waals surface area contributed by atoms with Gasteiger partial charge in [0.2, 0.25) is 5.91 Å². The number of rotatable bonds is 4. The van der Waals surface area contributed by atoms with Crippen LogP contribution >= 0.6 is 0 Å². The molecule has 1 aliphatic heterocycles. The maximum atomic E-state index is 12.5. The molecular formula is C21H28N2O3. The van der Waals surface area contributed by atoms with E-state index in [1.807, 2.05) is 18.2 Å². The van der Waals surface area contributed by atoms with Crippen molar-refractivity contribution in [1.29, 1.82) is 0 Å². The molecule has 4 saturated carbocycles. The molecule has 4 fully saturated rings. The molecule has 0 aromatic heterocycles. The third-order valence-electron chi connectivity index (χ3n) is 7.22. The third-order valence-corrected chi connectivity index (χ3v) is 7.22. The molecule has 3 N–H and O–H groups in total. The Morgan fingerprint density at radius 2 is 1.69 bits per heavy atom. The summed E-state index contributed by atoms with van der Waals surface area (Å²) >= 11 is 0. The number of benzene rings is 1. The number of nitrogens with two attached hydrogens (primary N) is 1. The Hall–Kier alpha value is -1.75. The van der Waals surface area contributed by atoms with E-state index in [0.717, 1.165) is 28.9 Å². The molecule has 0 saturated heterocycles. The van der Waals surface area contributed by atoms with E-state index in [4.69, 9.17) is 15.2 Å². The van der Waals surface area contributed by atoms with Crippen molar-refractivity contribution in [2.45, 2.75) is 44.1 Å². The van der Waals surface area contributed by atoms with Gasteiger partial charge in [-0.3, -0.25) is 4.79 Å². The van der Waals surface area contributed by atoms with Gasteiger partial charge in [-0.05, 0) is 73.5 Å². The van der Waals surface area contributed by atoms with Crippen molar-refractivity contribution in [3.8, 4) is 11.5 Å². The van der Waals surface area contributed by atoms with Crippen LogP contribution < -0.4 is 20.5 Å². The van der Waals surface area contributed by atoms with Crippen LogP contribution in [-0.4, -0.2) is 31.2 Å². The molecule has 0 spiro atoms. The van der Waals surface area contributed by atoms with Gasteiger partial charge in [0.05, 0.1) is 6.42 Å². The summed E-state index contributed by atoms with van der Waals surface area (Å²) < 4.78 is 11.1. The zero-order valence-electron chi connectivity index (χ0n) is 15.2. The molecule has 0 radical (unpaired) electrons. The van der Waals surface area contributed by atoms with Crippen LogP contribution in [0.4, 0.5) is 0 Å². The normalized spacial score (nSPS) is 36.8. The Balaban J connectivity index is 1.21. The number of ether oxygens (including phenoxy) is 2. The van der Waals surface area contributed by atoms with Crippen molar-refractivity contribution in [3.63, 3.8) is 0 Å². The van der Waals surface area contributed by atoms with E-state index >= 15 is 0 Å². The second kappa shape index (κ2) is 6.15. The summed E-state index contributed by atoms with van der Waals surface area (Å²) in [6, 6.07) is 5.74. The quantitative estimate of drug-likeness (QED) is 0.868. The second-order valence-corrected chi connectivity index (χ2v) is 8.85. The van der Waals surface area contributed by atoms with Crippen LogP contribution in [0.1, 0.15) is 37.7 Å². The second-order valence-electron chi connectivity index (χ2n) is 8.85. The number of hydrogen-bond acceptors (Lipinski definition) is 4. The molecule has 1 aromatic rings. The molecule has 140 valence electrons. The Kier molecular flexibility index (Phi) is 3.89. The Morgan fingerprint density at radius 3 is 2.38 bits per heavy atom. The average molecular weight is 356 g/mol. The molecule has 0 atom stereocenters. The minimum Gasteiger partial charge on any atom is -0.486 e. The van der Waals surface area contributed by atoms with Gasteiger partial charge in [-0.1, -0.05) is 6.07 Å². The summed E-state index contributed by atoms with van der Waals surface area (Å²) in [5.74, 6) is 4.50. The van der Waals surface area contributed by atoms with Crippen LogP contribution in [0.25, 0.3) is 0 Å². The maximum absolute atomic E-state index is 12.5. The highest BCUT2D eigenvalue weighted by Crippen LogP contribution is 2.57. The van der Waals surface area contributed by atoms with Crippen LogP contribution in [0.2, 0.25) is 0 Å². The fourth-order valence-electron chi connectivity index (χ4n) is 6.05. The summed E-state index contributed by atoms with van der Waals surface area (Å²) in [6.07, 6.45) is 6.83. The van der Waals surface area contributed by atoms with Crippen LogP contribution in [0.3, 0.4) is 0 Å². The van der Waals surface area contributed by atoms with Crippen molar-refractivity contribution in [2.75, 3.05) is 19.8 Å². The van der Waals surface area contributed by atoms with Crippen LogP contribution in [0.5, 0.6) is 11.5 Å². The molecule has 5 heteroatoms. The van der Waals surface area contributed by atoms with Gasteiger partial charge in [0, 0.05) is 12.1 Å². The number of nitrogens with one attached hydrogen (secondary N) is 1. The highest BCUT2D eigenvalue weighted by Gasteiger charge is 2.55. The van der Waals surface area contributed by atoms with Crippen molar-refractivity contribution in [2.24, 2.45) is 29.4 Å². The third kappa shape index (κ3) is 2.77. The highest BCUT2D eigenvalue weighted by molar-refractivity contribution is 5.79. The zero-order valence-corrected chi connectivity index (χ0v) is 15.2. The topological polar surface area (TPSA) is 73.6 Å². The van der Waals surface area contributed by atoms with Crippen LogP contribution in [0, 0.1) is 23.7 Å². The molecule has 1 heterocycles. The van der Waals surface area contributed by atoms with E-state index in [1.54, 1.807) is 0 Å². The smallest absolute Gasteiger partial charge is 0.224 e. The summed E-state index contributed by atoms with van der Waals surface area (Å²) in [5.41, 5.74) is 7.62. The summed E-state index contributed by atoms with van der Waals surface area (Å²) in [5, 5.41) is 3.14. The minimum atomic E-state index is -0.199. The fourth-order valence-corrected chi connectivity index (χ4v) is 6.05. The first-order valence-electron chi connectivity index (χ1n) is 10.0. The van der Waals surface area contributed by atoms with Gasteiger partial charge in [-0.25, -0.2) is 0 Å². The molecule has 26 heavy (non-hydrogen) atoms. The first-order chi connectivity index (χ1) is 12.6. The molecule has 0 unspecified atom stereocenters. The molecule has 1 amide bonds. The van der Waals surface area contributed by atoms with Crippen molar-refractivity contribution < 1.29 is 14.3 Å². The Morgan fingerprint density at radius 1 is 1.04 bits per heavy atom. The van der Waals surface area contributed by atoms with Gasteiger partial charge >= 0.3 is 0 Å². The van der Waals surface area contributed by atoms with E-state index in [0.29, 0.717) is 38.0 Å². The standard InChI is InChI=1S/C21H28N2O3/c22-21(16-6-14-5-15(8-16)9-17(21)7-14)12-23-20(24)11-13-1-2-18-19(10-13)26-4-3-25-18/h1-2,10,14-17H,3-9,11-12,22H2,(H,23,24). The summed E-state index contributed by atoms with van der Waals surface area (Å²) in [7, 11) is 0. The lowest BCUT2D eigenvalue weighted by molar-refractivity contribution is -0.122. The van der Waals surface area contributed by atoms with Gasteiger partial charge in [-0.2, -0.15) is 0 Å². The number of fused-ring (bicyclic) bond motifs is 1. The highest BCUT2D eigenvalue weighted by atomic mass is 16.6. The lowest BCUT2D eigenvalue weighted by Crippen LogP contribution is -2.67. The van der Waals surface area contributed by atoms with Crippen molar-refractivity contribution in [1.82, 2.24) is 5.32 Å². The minimum absolute atomic E-state index is 0.0420. The predicted molar refractivity (Wildman–Crippen MR) is 98.1 cm³/mol. The number of carbonyl (C=O) groups excluding carboxylic acids is 1. The van der Waals surface area contributed by atoms with E-state index < -0.39 is 0 Å². The molecule has 4 bridgehead atoms. The van der Waals surface area contributed by atoms with Gasteiger partial charge in [0.25, 0.3) is 0 Å². The first-order valence-corrected chi connectivity index (χ1v) is 10.0. The maximum Gasteiger partial charge on any atom is 0.224 e. The van der Waals surface area contributed by atoms with Crippen molar-refractivity contribution in [3.05, 3.63) is 23.8 Å². The van der Waals surface area contributed by atoms with Crippen LogP contribution in [-0.2, 0) is 11.2 Å². The molecule has 4 aliphatic carbocycles. The lowest BCUT2D eigenvalue weighted by Gasteiger charge is -2.59. The monoisotopic (exact) mass is 356 g/mol. The number of hydrogen-bond donors (Lipinski definition) is 2. The van der Waals surface area contributed by atoms with E-state index in [9.17, 15) is 4.79 Å². The molecule has 5 nitrogen and oxygen atoms in total. The predicted octanol–water partition coefficient (Wildman–Crippen LogP) is 2.27.